The van der Waals surface area contributed by atoms with Crippen molar-refractivity contribution in [3.63, 3.8) is 0 Å². The second-order valence-electron chi connectivity index (χ2n) is 4.74. The van der Waals surface area contributed by atoms with Gasteiger partial charge in [-0.2, -0.15) is 13.2 Å². The minimum Gasteiger partial charge on any atom is -0.492 e. The van der Waals surface area contributed by atoms with Crippen molar-refractivity contribution >= 4 is 11.6 Å². The zero-order chi connectivity index (χ0) is 15.2. The van der Waals surface area contributed by atoms with Crippen LogP contribution in [0.2, 0.25) is 5.02 Å². The molecule has 0 amide bonds. The molecule has 2 aromatic rings. The van der Waals surface area contributed by atoms with Gasteiger partial charge in [0.05, 0.1) is 17.2 Å². The summed E-state index contributed by atoms with van der Waals surface area (Å²) in [5.41, 5.74) is 0.423. The number of ether oxygens (including phenoxy) is 1. The Morgan fingerprint density at radius 1 is 1.10 bits per heavy atom. The molecule has 0 aromatic heterocycles. The van der Waals surface area contributed by atoms with Crippen molar-refractivity contribution in [3.8, 4) is 16.9 Å². The molecule has 0 atom stereocenters. The van der Waals surface area contributed by atoms with Gasteiger partial charge in [0.15, 0.2) is 0 Å². The molecule has 6 heteroatoms. The summed E-state index contributed by atoms with van der Waals surface area (Å²) in [5, 5.41) is -0.142. The van der Waals surface area contributed by atoms with Crippen molar-refractivity contribution in [2.45, 2.75) is 12.6 Å². The topological polar surface area (TPSA) is 9.23 Å². The van der Waals surface area contributed by atoms with Gasteiger partial charge in [-0.15, -0.1) is 0 Å². The van der Waals surface area contributed by atoms with Crippen molar-refractivity contribution in [2.24, 2.45) is 0 Å². The summed E-state index contributed by atoms with van der Waals surface area (Å²) < 4.78 is 57.5. The number of hydrogen-bond donors (Lipinski definition) is 0. The van der Waals surface area contributed by atoms with Crippen LogP contribution in [0.15, 0.2) is 30.3 Å². The Labute approximate surface area is 123 Å². The molecule has 1 aliphatic heterocycles. The molecule has 0 saturated heterocycles. The molecule has 0 radical (unpaired) electrons. The van der Waals surface area contributed by atoms with Gasteiger partial charge in [0.1, 0.15) is 11.6 Å². The Hall–Kier alpha value is -1.75. The van der Waals surface area contributed by atoms with Gasteiger partial charge < -0.3 is 4.74 Å². The first-order valence-electron chi connectivity index (χ1n) is 6.18. The molecule has 1 aliphatic rings. The highest BCUT2D eigenvalue weighted by molar-refractivity contribution is 6.31. The number of halogens is 5. The predicted molar refractivity (Wildman–Crippen MR) is 71.0 cm³/mol. The van der Waals surface area contributed by atoms with Gasteiger partial charge in [-0.25, -0.2) is 4.39 Å². The first-order chi connectivity index (χ1) is 9.86. The van der Waals surface area contributed by atoms with Gasteiger partial charge in [-0.05, 0) is 35.4 Å². The summed E-state index contributed by atoms with van der Waals surface area (Å²) in [6.45, 7) is 0.332. The van der Waals surface area contributed by atoms with E-state index in [0.717, 1.165) is 18.2 Å². The van der Waals surface area contributed by atoms with E-state index in [1.807, 2.05) is 0 Å². The molecule has 110 valence electrons. The van der Waals surface area contributed by atoms with Crippen molar-refractivity contribution in [2.75, 3.05) is 6.61 Å². The fraction of sp³-hybridized carbons (Fsp3) is 0.200. The van der Waals surface area contributed by atoms with Crippen LogP contribution in [0, 0.1) is 5.82 Å². The van der Waals surface area contributed by atoms with E-state index in [1.54, 1.807) is 0 Å². The van der Waals surface area contributed by atoms with E-state index in [0.29, 0.717) is 29.9 Å². The SMILES string of the molecule is Fc1ccc(-c2cc(C(F)(F)F)cc3c2OCC3)cc1Cl. The highest BCUT2D eigenvalue weighted by atomic mass is 35.5. The first kappa shape index (κ1) is 14.2. The fourth-order valence-corrected chi connectivity index (χ4v) is 2.53. The van der Waals surface area contributed by atoms with Crippen LogP contribution in [0.3, 0.4) is 0 Å². The zero-order valence-corrected chi connectivity index (χ0v) is 11.4. The van der Waals surface area contributed by atoms with Crippen LogP contribution in [0.25, 0.3) is 11.1 Å². The molecule has 21 heavy (non-hydrogen) atoms. The van der Waals surface area contributed by atoms with Gasteiger partial charge in [0, 0.05) is 12.0 Å². The second-order valence-corrected chi connectivity index (χ2v) is 5.14. The zero-order valence-electron chi connectivity index (χ0n) is 10.6. The normalized spacial score (nSPS) is 14.0. The maximum absolute atomic E-state index is 13.2. The lowest BCUT2D eigenvalue weighted by atomic mass is 9.97. The van der Waals surface area contributed by atoms with Gasteiger partial charge in [0.25, 0.3) is 0 Å². The predicted octanol–water partition coefficient (Wildman–Crippen LogP) is 5.10. The molecule has 1 heterocycles. The van der Waals surface area contributed by atoms with Crippen molar-refractivity contribution in [1.82, 2.24) is 0 Å². The molecule has 1 nitrogen and oxygen atoms in total. The standard InChI is InChI=1S/C15H9ClF4O/c16-12-6-8(1-2-13(12)17)11-7-10(15(18,19)20)5-9-3-4-21-14(9)11/h1-2,5-7H,3-4H2. The average molecular weight is 317 g/mol. The van der Waals surface area contributed by atoms with Crippen LogP contribution >= 0.6 is 11.6 Å². The second kappa shape index (κ2) is 4.91. The molecule has 0 unspecified atom stereocenters. The van der Waals surface area contributed by atoms with Crippen molar-refractivity contribution in [3.05, 3.63) is 52.3 Å². The quantitative estimate of drug-likeness (QED) is 0.665. The van der Waals surface area contributed by atoms with Gasteiger partial charge in [-0.1, -0.05) is 17.7 Å². The minimum absolute atomic E-state index is 0.142. The Morgan fingerprint density at radius 2 is 1.86 bits per heavy atom. The molecular formula is C15H9ClF4O. The van der Waals surface area contributed by atoms with Crippen LogP contribution in [0.4, 0.5) is 17.6 Å². The van der Waals surface area contributed by atoms with E-state index in [-0.39, 0.29) is 10.6 Å². The molecule has 0 bridgehead atoms. The van der Waals surface area contributed by atoms with Crippen LogP contribution in [0.5, 0.6) is 5.75 Å². The number of rotatable bonds is 1. The average Bonchev–Trinajstić information content (AvgIpc) is 2.88. The maximum atomic E-state index is 13.2. The fourth-order valence-electron chi connectivity index (χ4n) is 2.35. The van der Waals surface area contributed by atoms with E-state index in [9.17, 15) is 17.6 Å². The third-order valence-electron chi connectivity index (χ3n) is 3.34. The summed E-state index contributed by atoms with van der Waals surface area (Å²) in [6.07, 6.45) is -4.03. The molecule has 0 saturated carbocycles. The van der Waals surface area contributed by atoms with Crippen LogP contribution in [-0.2, 0) is 12.6 Å². The number of hydrogen-bond acceptors (Lipinski definition) is 1. The summed E-state index contributed by atoms with van der Waals surface area (Å²) in [6, 6.07) is 5.91. The van der Waals surface area contributed by atoms with Crippen molar-refractivity contribution in [1.29, 1.82) is 0 Å². The van der Waals surface area contributed by atoms with Crippen LogP contribution < -0.4 is 4.74 Å². The lowest BCUT2D eigenvalue weighted by Gasteiger charge is -2.13. The van der Waals surface area contributed by atoms with Gasteiger partial charge >= 0.3 is 6.18 Å². The van der Waals surface area contributed by atoms with Gasteiger partial charge in [0.2, 0.25) is 0 Å². The summed E-state index contributed by atoms with van der Waals surface area (Å²) >= 11 is 5.71. The monoisotopic (exact) mass is 316 g/mol. The van der Waals surface area contributed by atoms with E-state index in [2.05, 4.69) is 0 Å². The molecule has 2 aromatic carbocycles. The molecule has 0 aliphatic carbocycles. The Balaban J connectivity index is 2.21. The summed E-state index contributed by atoms with van der Waals surface area (Å²) in [7, 11) is 0. The van der Waals surface area contributed by atoms with E-state index >= 15 is 0 Å². The summed E-state index contributed by atoms with van der Waals surface area (Å²) in [4.78, 5) is 0. The van der Waals surface area contributed by atoms with Crippen molar-refractivity contribution < 1.29 is 22.3 Å². The van der Waals surface area contributed by atoms with Crippen LogP contribution in [-0.4, -0.2) is 6.61 Å². The third kappa shape index (κ3) is 2.58. The van der Waals surface area contributed by atoms with E-state index in [4.69, 9.17) is 16.3 Å². The molecular weight excluding hydrogens is 308 g/mol. The number of benzene rings is 2. The summed E-state index contributed by atoms with van der Waals surface area (Å²) in [5.74, 6) is -0.212. The highest BCUT2D eigenvalue weighted by Crippen LogP contribution is 2.42. The molecule has 0 spiro atoms. The first-order valence-corrected chi connectivity index (χ1v) is 6.56. The highest BCUT2D eigenvalue weighted by Gasteiger charge is 2.33. The smallest absolute Gasteiger partial charge is 0.416 e. The maximum Gasteiger partial charge on any atom is 0.416 e. The molecule has 0 N–H and O–H groups in total. The number of fused-ring (bicyclic) bond motifs is 1. The molecule has 0 fully saturated rings. The Kier molecular flexibility index (Phi) is 3.32. The minimum atomic E-state index is -4.45. The van der Waals surface area contributed by atoms with E-state index in [1.165, 1.54) is 12.1 Å². The Bertz CT molecular complexity index is 710. The molecule has 3 rings (SSSR count). The lowest BCUT2D eigenvalue weighted by Crippen LogP contribution is -2.05. The van der Waals surface area contributed by atoms with Crippen LogP contribution in [0.1, 0.15) is 11.1 Å². The van der Waals surface area contributed by atoms with E-state index < -0.39 is 17.6 Å². The lowest BCUT2D eigenvalue weighted by molar-refractivity contribution is -0.137. The third-order valence-corrected chi connectivity index (χ3v) is 3.63. The largest absolute Gasteiger partial charge is 0.492 e. The van der Waals surface area contributed by atoms with Gasteiger partial charge in [-0.3, -0.25) is 0 Å². The Morgan fingerprint density at radius 3 is 2.52 bits per heavy atom. The number of alkyl halides is 3.